The normalized spacial score (nSPS) is 16.8. The lowest BCUT2D eigenvalue weighted by Crippen LogP contribution is -2.37. The molecule has 25 heavy (non-hydrogen) atoms. The molecular weight excluding hydrogens is 340 g/mol. The Balaban J connectivity index is 1.50. The Morgan fingerprint density at radius 1 is 1.32 bits per heavy atom. The number of hydrogen-bond donors (Lipinski definition) is 2. The zero-order valence-electron chi connectivity index (χ0n) is 13.7. The van der Waals surface area contributed by atoms with Gasteiger partial charge in [-0.3, -0.25) is 14.4 Å². The summed E-state index contributed by atoms with van der Waals surface area (Å²) in [6.45, 7) is 2.01. The van der Waals surface area contributed by atoms with E-state index in [0.29, 0.717) is 11.7 Å². The fraction of sp³-hybridized carbons (Fsp3) is 0.294. The Morgan fingerprint density at radius 2 is 2.08 bits per heavy atom. The quantitative estimate of drug-likeness (QED) is 0.848. The van der Waals surface area contributed by atoms with Crippen molar-refractivity contribution < 1.29 is 14.4 Å². The van der Waals surface area contributed by atoms with Crippen LogP contribution < -0.4 is 15.5 Å². The van der Waals surface area contributed by atoms with Crippen molar-refractivity contribution in [2.45, 2.75) is 13.3 Å². The molecule has 2 heterocycles. The van der Waals surface area contributed by atoms with E-state index in [-0.39, 0.29) is 30.7 Å². The minimum absolute atomic E-state index is 0.0888. The number of carbonyl (C=O) groups is 3. The smallest absolute Gasteiger partial charge is 0.245 e. The van der Waals surface area contributed by atoms with Crippen LogP contribution in [-0.2, 0) is 14.4 Å². The van der Waals surface area contributed by atoms with Crippen LogP contribution in [-0.4, -0.2) is 35.8 Å². The van der Waals surface area contributed by atoms with Gasteiger partial charge in [-0.15, -0.1) is 11.3 Å². The molecule has 7 nitrogen and oxygen atoms in total. The monoisotopic (exact) mass is 358 g/mol. The minimum Gasteiger partial charge on any atom is -0.347 e. The molecule has 0 bridgehead atoms. The highest BCUT2D eigenvalue weighted by Gasteiger charge is 2.35. The lowest BCUT2D eigenvalue weighted by atomic mass is 10.1. The van der Waals surface area contributed by atoms with Crippen LogP contribution in [0.1, 0.15) is 12.1 Å². The maximum absolute atomic E-state index is 12.2. The molecule has 1 aliphatic heterocycles. The molecule has 0 spiro atoms. The number of hydrogen-bond acceptors (Lipinski definition) is 5. The number of amides is 3. The third kappa shape index (κ3) is 4.21. The first-order valence-corrected chi connectivity index (χ1v) is 8.76. The second kappa shape index (κ2) is 7.43. The molecule has 2 N–H and O–H groups in total. The maximum atomic E-state index is 12.2. The number of aromatic nitrogens is 1. The summed E-state index contributed by atoms with van der Waals surface area (Å²) in [5.74, 6) is -1.18. The number of rotatable bonds is 5. The molecule has 1 aromatic heterocycles. The summed E-state index contributed by atoms with van der Waals surface area (Å²) in [5, 5.41) is 7.55. The van der Waals surface area contributed by atoms with Gasteiger partial charge in [-0.05, 0) is 19.1 Å². The van der Waals surface area contributed by atoms with Gasteiger partial charge in [0.2, 0.25) is 17.7 Å². The van der Waals surface area contributed by atoms with E-state index in [1.165, 1.54) is 11.3 Å². The fourth-order valence-corrected chi connectivity index (χ4v) is 3.33. The van der Waals surface area contributed by atoms with E-state index in [1.807, 2.05) is 42.6 Å². The maximum Gasteiger partial charge on any atom is 0.245 e. The average molecular weight is 358 g/mol. The fourth-order valence-electron chi connectivity index (χ4n) is 2.63. The van der Waals surface area contributed by atoms with E-state index < -0.39 is 5.92 Å². The molecule has 1 saturated heterocycles. The highest BCUT2D eigenvalue weighted by molar-refractivity contribution is 7.13. The highest BCUT2D eigenvalue weighted by atomic mass is 32.1. The number of thiazole rings is 1. The van der Waals surface area contributed by atoms with Crippen molar-refractivity contribution in [2.24, 2.45) is 5.92 Å². The van der Waals surface area contributed by atoms with E-state index in [1.54, 1.807) is 4.90 Å². The molecular formula is C17H18N4O3S. The Bertz CT molecular complexity index is 790. The molecule has 0 aliphatic carbocycles. The SMILES string of the molecule is Cc1csc(NC(=O)CNC(=O)[C@H]2CC(=O)N(c3ccccc3)C2)n1. The standard InChI is InChI=1S/C17H18N4O3S/c1-11-10-25-17(19-11)20-14(22)8-18-16(24)12-7-15(23)21(9-12)13-5-3-2-4-6-13/h2-6,10,12H,7-9H2,1H3,(H,18,24)(H,19,20,22)/t12-/m0/s1. The van der Waals surface area contributed by atoms with E-state index in [9.17, 15) is 14.4 Å². The molecule has 3 rings (SSSR count). The lowest BCUT2D eigenvalue weighted by molar-refractivity contribution is -0.127. The van der Waals surface area contributed by atoms with Gasteiger partial charge in [0.05, 0.1) is 18.2 Å². The van der Waals surface area contributed by atoms with Gasteiger partial charge in [-0.2, -0.15) is 0 Å². The van der Waals surface area contributed by atoms with Crippen LogP contribution in [0.3, 0.4) is 0 Å². The molecule has 130 valence electrons. The van der Waals surface area contributed by atoms with Crippen molar-refractivity contribution >= 4 is 39.9 Å². The van der Waals surface area contributed by atoms with E-state index in [0.717, 1.165) is 11.4 Å². The predicted octanol–water partition coefficient (Wildman–Crippen LogP) is 1.56. The van der Waals surface area contributed by atoms with Crippen molar-refractivity contribution in [1.82, 2.24) is 10.3 Å². The molecule has 3 amide bonds. The zero-order valence-corrected chi connectivity index (χ0v) is 14.5. The summed E-state index contributed by atoms with van der Waals surface area (Å²) in [6, 6.07) is 9.24. The first-order valence-electron chi connectivity index (χ1n) is 7.88. The number of aryl methyl sites for hydroxylation is 1. The van der Waals surface area contributed by atoms with Crippen LogP contribution in [0.2, 0.25) is 0 Å². The molecule has 8 heteroatoms. The molecule has 0 saturated carbocycles. The molecule has 1 aliphatic rings. The van der Waals surface area contributed by atoms with Gasteiger partial charge < -0.3 is 15.5 Å². The third-order valence-corrected chi connectivity index (χ3v) is 4.73. The van der Waals surface area contributed by atoms with Gasteiger partial charge in [0.15, 0.2) is 5.13 Å². The first kappa shape index (κ1) is 17.1. The number of benzene rings is 1. The summed E-state index contributed by atoms with van der Waals surface area (Å²) in [7, 11) is 0. The van der Waals surface area contributed by atoms with Crippen molar-refractivity contribution in [3.05, 3.63) is 41.4 Å². The van der Waals surface area contributed by atoms with E-state index in [2.05, 4.69) is 15.6 Å². The molecule has 1 fully saturated rings. The number of nitrogens with zero attached hydrogens (tertiary/aromatic N) is 2. The first-order chi connectivity index (χ1) is 12.0. The average Bonchev–Trinajstić information content (AvgIpc) is 3.19. The topological polar surface area (TPSA) is 91.4 Å². The third-order valence-electron chi connectivity index (χ3n) is 3.85. The van der Waals surface area contributed by atoms with E-state index >= 15 is 0 Å². The number of anilines is 2. The highest BCUT2D eigenvalue weighted by Crippen LogP contribution is 2.24. The number of carbonyl (C=O) groups excluding carboxylic acids is 3. The van der Waals surface area contributed by atoms with Crippen molar-refractivity contribution in [1.29, 1.82) is 0 Å². The largest absolute Gasteiger partial charge is 0.347 e. The molecule has 0 radical (unpaired) electrons. The van der Waals surface area contributed by atoms with Gasteiger partial charge >= 0.3 is 0 Å². The molecule has 1 aromatic carbocycles. The van der Waals surface area contributed by atoms with Crippen molar-refractivity contribution in [3.63, 3.8) is 0 Å². The van der Waals surface area contributed by atoms with Crippen LogP contribution in [0, 0.1) is 12.8 Å². The molecule has 0 unspecified atom stereocenters. The molecule has 2 aromatic rings. The van der Waals surface area contributed by atoms with Gasteiger partial charge in [0.1, 0.15) is 0 Å². The van der Waals surface area contributed by atoms with Crippen LogP contribution >= 0.6 is 11.3 Å². The zero-order chi connectivity index (χ0) is 17.8. The second-order valence-corrected chi connectivity index (χ2v) is 6.66. The van der Waals surface area contributed by atoms with Crippen molar-refractivity contribution in [2.75, 3.05) is 23.3 Å². The molecule has 1 atom stereocenters. The van der Waals surface area contributed by atoms with Crippen molar-refractivity contribution in [3.8, 4) is 0 Å². The van der Waals surface area contributed by atoms with Crippen LogP contribution in [0.15, 0.2) is 35.7 Å². The predicted molar refractivity (Wildman–Crippen MR) is 95.4 cm³/mol. The number of nitrogens with one attached hydrogen (secondary N) is 2. The van der Waals surface area contributed by atoms with E-state index in [4.69, 9.17) is 0 Å². The van der Waals surface area contributed by atoms with Crippen LogP contribution in [0.5, 0.6) is 0 Å². The number of para-hydroxylation sites is 1. The summed E-state index contributed by atoms with van der Waals surface area (Å²) >= 11 is 1.33. The Kier molecular flexibility index (Phi) is 5.08. The van der Waals surface area contributed by atoms with Gasteiger partial charge in [-0.1, -0.05) is 18.2 Å². The second-order valence-electron chi connectivity index (χ2n) is 5.80. The Labute approximate surface area is 149 Å². The van der Waals surface area contributed by atoms with Crippen LogP contribution in [0.4, 0.5) is 10.8 Å². The van der Waals surface area contributed by atoms with Gasteiger partial charge in [-0.25, -0.2) is 4.98 Å². The summed E-state index contributed by atoms with van der Waals surface area (Å²) < 4.78 is 0. The van der Waals surface area contributed by atoms with Gasteiger partial charge in [0.25, 0.3) is 0 Å². The summed E-state index contributed by atoms with van der Waals surface area (Å²) in [6.07, 6.45) is 0.147. The van der Waals surface area contributed by atoms with Gasteiger partial charge in [0, 0.05) is 24.0 Å². The minimum atomic E-state index is -0.456. The van der Waals surface area contributed by atoms with Crippen LogP contribution in [0.25, 0.3) is 0 Å². The Morgan fingerprint density at radius 3 is 2.76 bits per heavy atom. The summed E-state index contributed by atoms with van der Waals surface area (Å²) in [4.78, 5) is 42.0. The lowest BCUT2D eigenvalue weighted by Gasteiger charge is -2.16. The Hall–Kier alpha value is -2.74. The summed E-state index contributed by atoms with van der Waals surface area (Å²) in [5.41, 5.74) is 1.61.